The van der Waals surface area contributed by atoms with E-state index in [1.807, 2.05) is 13.8 Å². The molecule has 0 unspecified atom stereocenters. The maximum Gasteiger partial charge on any atom is 0.244 e. The van der Waals surface area contributed by atoms with Crippen LogP contribution >= 0.6 is 0 Å². The minimum Gasteiger partial charge on any atom is -0.261 e. The van der Waals surface area contributed by atoms with E-state index < -0.39 is 6.43 Å². The summed E-state index contributed by atoms with van der Waals surface area (Å²) in [6.07, 6.45) is -0.923. The molecule has 12 heavy (non-hydrogen) atoms. The zero-order valence-corrected chi connectivity index (χ0v) is 7.14. The molecule has 0 amide bonds. The number of rotatable bonds is 2. The van der Waals surface area contributed by atoms with Gasteiger partial charge in [-0.05, 0) is 31.0 Å². The van der Waals surface area contributed by atoms with E-state index in [2.05, 4.69) is 4.98 Å². The second-order valence-electron chi connectivity index (χ2n) is 2.86. The molecule has 1 aromatic heterocycles. The molecule has 0 N–H and O–H groups in total. The Kier molecular flexibility index (Phi) is 2.74. The number of aryl methyl sites for hydroxylation is 2. The molecule has 1 nitrogen and oxygen atoms in total. The maximum absolute atomic E-state index is 11.9. The van der Waals surface area contributed by atoms with Crippen molar-refractivity contribution in [1.82, 2.24) is 4.98 Å². The zero-order valence-electron chi connectivity index (χ0n) is 7.14. The smallest absolute Gasteiger partial charge is 0.244 e. The third-order valence-corrected chi connectivity index (χ3v) is 1.79. The van der Waals surface area contributed by atoms with Gasteiger partial charge in [-0.1, -0.05) is 0 Å². The van der Waals surface area contributed by atoms with Gasteiger partial charge in [0.15, 0.2) is 0 Å². The first kappa shape index (κ1) is 9.10. The van der Waals surface area contributed by atoms with E-state index >= 15 is 0 Å². The van der Waals surface area contributed by atoms with Crippen molar-refractivity contribution in [3.05, 3.63) is 29.1 Å². The minimum atomic E-state index is -2.31. The van der Waals surface area contributed by atoms with Gasteiger partial charge < -0.3 is 0 Å². The van der Waals surface area contributed by atoms with Gasteiger partial charge in [0.2, 0.25) is 6.43 Å². The Bertz CT molecular complexity index is 271. The van der Waals surface area contributed by atoms with E-state index in [-0.39, 0.29) is 6.42 Å². The Morgan fingerprint density at radius 3 is 2.50 bits per heavy atom. The van der Waals surface area contributed by atoms with Crippen LogP contribution < -0.4 is 0 Å². The molecule has 0 aliphatic heterocycles. The fourth-order valence-corrected chi connectivity index (χ4v) is 0.952. The molecular weight excluding hydrogens is 160 g/mol. The summed E-state index contributed by atoms with van der Waals surface area (Å²) in [6, 6.07) is 1.71. The van der Waals surface area contributed by atoms with Crippen LogP contribution in [0.2, 0.25) is 0 Å². The molecule has 0 aliphatic rings. The second kappa shape index (κ2) is 3.61. The first-order valence-electron chi connectivity index (χ1n) is 3.80. The lowest BCUT2D eigenvalue weighted by molar-refractivity contribution is 0.148. The molecule has 0 atom stereocenters. The molecular formula is C9H11F2N. The number of pyridine rings is 1. The molecule has 0 spiro atoms. The van der Waals surface area contributed by atoms with Crippen molar-refractivity contribution < 1.29 is 8.78 Å². The SMILES string of the molecule is Cc1cnc(CC(F)F)cc1C. The van der Waals surface area contributed by atoms with Gasteiger partial charge in [-0.25, -0.2) is 8.78 Å². The summed E-state index contributed by atoms with van der Waals surface area (Å²) in [5.74, 6) is 0. The topological polar surface area (TPSA) is 12.9 Å². The van der Waals surface area contributed by atoms with E-state index in [0.717, 1.165) is 11.1 Å². The lowest BCUT2D eigenvalue weighted by Gasteiger charge is -2.02. The summed E-state index contributed by atoms with van der Waals surface area (Å²) in [7, 11) is 0. The Hall–Kier alpha value is -0.990. The first-order chi connectivity index (χ1) is 5.59. The van der Waals surface area contributed by atoms with Crippen LogP contribution in [-0.4, -0.2) is 11.4 Å². The first-order valence-corrected chi connectivity index (χ1v) is 3.80. The number of alkyl halides is 2. The predicted octanol–water partition coefficient (Wildman–Crippen LogP) is 2.51. The highest BCUT2D eigenvalue weighted by Gasteiger charge is 2.05. The molecule has 0 saturated heterocycles. The van der Waals surface area contributed by atoms with Crippen LogP contribution in [-0.2, 0) is 6.42 Å². The van der Waals surface area contributed by atoms with Crippen LogP contribution in [0.15, 0.2) is 12.3 Å². The molecule has 0 aromatic carbocycles. The second-order valence-corrected chi connectivity index (χ2v) is 2.86. The normalized spacial score (nSPS) is 10.8. The van der Waals surface area contributed by atoms with Crippen molar-refractivity contribution in [3.63, 3.8) is 0 Å². The molecule has 1 aromatic rings. The van der Waals surface area contributed by atoms with Crippen LogP contribution in [0.3, 0.4) is 0 Å². The fourth-order valence-electron chi connectivity index (χ4n) is 0.952. The Morgan fingerprint density at radius 2 is 2.00 bits per heavy atom. The van der Waals surface area contributed by atoms with Crippen molar-refractivity contribution in [1.29, 1.82) is 0 Å². The van der Waals surface area contributed by atoms with Gasteiger partial charge in [0.1, 0.15) is 0 Å². The summed E-state index contributed by atoms with van der Waals surface area (Å²) in [5, 5.41) is 0. The quantitative estimate of drug-likeness (QED) is 0.666. The Morgan fingerprint density at radius 1 is 1.33 bits per heavy atom. The summed E-state index contributed by atoms with van der Waals surface area (Å²) in [5.41, 5.74) is 2.52. The molecule has 0 bridgehead atoms. The summed E-state index contributed by atoms with van der Waals surface area (Å²) < 4.78 is 23.8. The number of hydrogen-bond donors (Lipinski definition) is 0. The third kappa shape index (κ3) is 2.26. The van der Waals surface area contributed by atoms with Gasteiger partial charge in [0, 0.05) is 11.9 Å². The van der Waals surface area contributed by atoms with Gasteiger partial charge in [-0.15, -0.1) is 0 Å². The van der Waals surface area contributed by atoms with Crippen molar-refractivity contribution >= 4 is 0 Å². The molecule has 1 rings (SSSR count). The molecule has 0 saturated carbocycles. The third-order valence-electron chi connectivity index (χ3n) is 1.79. The van der Waals surface area contributed by atoms with Gasteiger partial charge >= 0.3 is 0 Å². The largest absolute Gasteiger partial charge is 0.261 e. The van der Waals surface area contributed by atoms with Crippen molar-refractivity contribution in [3.8, 4) is 0 Å². The van der Waals surface area contributed by atoms with Gasteiger partial charge in [-0.2, -0.15) is 0 Å². The van der Waals surface area contributed by atoms with E-state index in [4.69, 9.17) is 0 Å². The van der Waals surface area contributed by atoms with Crippen LogP contribution in [0, 0.1) is 13.8 Å². The van der Waals surface area contributed by atoms with Crippen LogP contribution in [0.25, 0.3) is 0 Å². The zero-order chi connectivity index (χ0) is 9.14. The summed E-state index contributed by atoms with van der Waals surface area (Å²) in [4.78, 5) is 3.90. The van der Waals surface area contributed by atoms with Gasteiger partial charge in [0.05, 0.1) is 6.42 Å². The number of aromatic nitrogens is 1. The molecule has 0 fully saturated rings. The Balaban J connectivity index is 2.82. The minimum absolute atomic E-state index is 0.249. The number of hydrogen-bond acceptors (Lipinski definition) is 1. The van der Waals surface area contributed by atoms with E-state index in [1.165, 1.54) is 0 Å². The standard InChI is InChI=1S/C9H11F2N/c1-6-3-8(4-9(10)11)12-5-7(6)2/h3,5,9H,4H2,1-2H3. The van der Waals surface area contributed by atoms with E-state index in [1.54, 1.807) is 12.3 Å². The van der Waals surface area contributed by atoms with Crippen molar-refractivity contribution in [2.45, 2.75) is 26.7 Å². The van der Waals surface area contributed by atoms with Crippen LogP contribution in [0.1, 0.15) is 16.8 Å². The molecule has 0 radical (unpaired) electrons. The predicted molar refractivity (Wildman–Crippen MR) is 43.4 cm³/mol. The highest BCUT2D eigenvalue weighted by atomic mass is 19.3. The molecule has 1 heterocycles. The monoisotopic (exact) mass is 171 g/mol. The highest BCUT2D eigenvalue weighted by molar-refractivity contribution is 5.23. The maximum atomic E-state index is 11.9. The summed E-state index contributed by atoms with van der Waals surface area (Å²) >= 11 is 0. The summed E-state index contributed by atoms with van der Waals surface area (Å²) in [6.45, 7) is 3.81. The number of nitrogens with zero attached hydrogens (tertiary/aromatic N) is 1. The fraction of sp³-hybridized carbons (Fsp3) is 0.444. The number of halogens is 2. The van der Waals surface area contributed by atoms with E-state index in [9.17, 15) is 8.78 Å². The van der Waals surface area contributed by atoms with E-state index in [0.29, 0.717) is 5.69 Å². The van der Waals surface area contributed by atoms with Crippen molar-refractivity contribution in [2.75, 3.05) is 0 Å². The average molecular weight is 171 g/mol. The van der Waals surface area contributed by atoms with Gasteiger partial charge in [-0.3, -0.25) is 4.98 Å². The van der Waals surface area contributed by atoms with Crippen LogP contribution in [0.4, 0.5) is 8.78 Å². The average Bonchev–Trinajstić information content (AvgIpc) is 1.96. The molecule has 66 valence electrons. The lowest BCUT2D eigenvalue weighted by Crippen LogP contribution is -2.00. The highest BCUT2D eigenvalue weighted by Crippen LogP contribution is 2.09. The molecule has 3 heteroatoms. The lowest BCUT2D eigenvalue weighted by atomic mass is 10.1. The molecule has 0 aliphatic carbocycles. The Labute approximate surface area is 70.4 Å². The van der Waals surface area contributed by atoms with Gasteiger partial charge in [0.25, 0.3) is 0 Å². The van der Waals surface area contributed by atoms with Crippen LogP contribution in [0.5, 0.6) is 0 Å². The van der Waals surface area contributed by atoms with Crippen molar-refractivity contribution in [2.24, 2.45) is 0 Å².